The van der Waals surface area contributed by atoms with Gasteiger partial charge in [-0.05, 0) is 18.6 Å². The van der Waals surface area contributed by atoms with Crippen LogP contribution < -0.4 is 5.32 Å². The Hall–Kier alpha value is -0.100. The van der Waals surface area contributed by atoms with Gasteiger partial charge in [0.2, 0.25) is 0 Å². The van der Waals surface area contributed by atoms with Gasteiger partial charge in [0.25, 0.3) is 0 Å². The molecule has 2 rings (SSSR count). The van der Waals surface area contributed by atoms with Crippen LogP contribution in [0.2, 0.25) is 0 Å². The van der Waals surface area contributed by atoms with Crippen molar-refractivity contribution < 1.29 is 4.74 Å². The summed E-state index contributed by atoms with van der Waals surface area (Å²) in [5.41, 5.74) is 1.20. The lowest BCUT2D eigenvalue weighted by Crippen LogP contribution is -2.16. The molecule has 96 valence electrons. The molecule has 0 radical (unpaired) electrons. The van der Waals surface area contributed by atoms with Crippen LogP contribution in [0.15, 0.2) is 5.38 Å². The molecule has 5 heteroatoms. The summed E-state index contributed by atoms with van der Waals surface area (Å²) in [5, 5.41) is 6.91. The Bertz CT molecular complexity index is 343. The molecule has 0 bridgehead atoms. The normalized spacial score (nSPS) is 24.4. The average Bonchev–Trinajstić information content (AvgIpc) is 2.97. The summed E-state index contributed by atoms with van der Waals surface area (Å²) in [6, 6.07) is 0.390. The van der Waals surface area contributed by atoms with E-state index in [1.54, 1.807) is 18.4 Å². The molecule has 1 N–H and O–H groups in total. The van der Waals surface area contributed by atoms with Gasteiger partial charge in [0.15, 0.2) is 0 Å². The van der Waals surface area contributed by atoms with E-state index in [0.29, 0.717) is 12.1 Å². The molecule has 0 saturated carbocycles. The Morgan fingerprint density at radius 3 is 3.24 bits per heavy atom. The highest BCUT2D eigenvalue weighted by Crippen LogP contribution is 2.27. The van der Waals surface area contributed by atoms with E-state index in [1.165, 1.54) is 22.9 Å². The number of ether oxygens (including phenoxy) is 1. The van der Waals surface area contributed by atoms with E-state index in [4.69, 9.17) is 9.72 Å². The van der Waals surface area contributed by atoms with Crippen molar-refractivity contribution in [2.45, 2.75) is 37.7 Å². The van der Waals surface area contributed by atoms with Gasteiger partial charge in [-0.15, -0.1) is 11.3 Å². The number of nitrogens with one attached hydrogen (secondary N) is 1. The van der Waals surface area contributed by atoms with Crippen LogP contribution in [-0.2, 0) is 10.5 Å². The Balaban J connectivity index is 1.85. The molecule has 1 fully saturated rings. The van der Waals surface area contributed by atoms with E-state index in [0.717, 1.165) is 18.7 Å². The highest BCUT2D eigenvalue weighted by molar-refractivity contribution is 7.98. The number of nitrogens with zero attached hydrogens (tertiary/aromatic N) is 1. The summed E-state index contributed by atoms with van der Waals surface area (Å²) in [5.74, 6) is 2.28. The summed E-state index contributed by atoms with van der Waals surface area (Å²) in [7, 11) is 1.78. The standard InChI is InChI=1S/C12H20N2OS2/c1-3-4-16-8-12-14-11(7-17-12)10-5-9(15-2)6-13-10/h7,9-10,13H,3-6,8H2,1-2H3. The lowest BCUT2D eigenvalue weighted by atomic mass is 10.1. The van der Waals surface area contributed by atoms with Gasteiger partial charge in [-0.25, -0.2) is 4.98 Å². The molecule has 2 heterocycles. The molecular weight excluding hydrogens is 252 g/mol. The highest BCUT2D eigenvalue weighted by Gasteiger charge is 2.26. The lowest BCUT2D eigenvalue weighted by molar-refractivity contribution is 0.117. The van der Waals surface area contributed by atoms with Crippen molar-refractivity contribution in [2.24, 2.45) is 0 Å². The maximum absolute atomic E-state index is 5.36. The number of hydrogen-bond donors (Lipinski definition) is 1. The largest absolute Gasteiger partial charge is 0.380 e. The van der Waals surface area contributed by atoms with E-state index in [1.807, 2.05) is 11.8 Å². The Morgan fingerprint density at radius 2 is 2.53 bits per heavy atom. The second-order valence-electron chi connectivity index (χ2n) is 4.27. The van der Waals surface area contributed by atoms with Crippen molar-refractivity contribution in [1.82, 2.24) is 10.3 Å². The van der Waals surface area contributed by atoms with Gasteiger partial charge in [0, 0.05) is 24.8 Å². The third-order valence-electron chi connectivity index (χ3n) is 2.92. The zero-order chi connectivity index (χ0) is 12.1. The van der Waals surface area contributed by atoms with Gasteiger partial charge in [0.1, 0.15) is 5.01 Å². The molecule has 2 atom stereocenters. The Kier molecular flexibility index (Phi) is 5.28. The van der Waals surface area contributed by atoms with Crippen LogP contribution in [0.25, 0.3) is 0 Å². The Labute approximate surface area is 111 Å². The van der Waals surface area contributed by atoms with Crippen molar-refractivity contribution in [2.75, 3.05) is 19.4 Å². The van der Waals surface area contributed by atoms with Crippen LogP contribution in [0.5, 0.6) is 0 Å². The Morgan fingerprint density at radius 1 is 1.65 bits per heavy atom. The number of aromatic nitrogens is 1. The first-order valence-electron chi connectivity index (χ1n) is 6.11. The SMILES string of the molecule is CCCSCc1nc(C2CC(OC)CN2)cs1. The molecule has 1 aromatic rings. The monoisotopic (exact) mass is 272 g/mol. The molecule has 1 saturated heterocycles. The molecule has 2 unspecified atom stereocenters. The van der Waals surface area contributed by atoms with Crippen molar-refractivity contribution in [3.8, 4) is 0 Å². The minimum Gasteiger partial charge on any atom is -0.380 e. The van der Waals surface area contributed by atoms with Crippen LogP contribution >= 0.6 is 23.1 Å². The minimum absolute atomic E-state index is 0.347. The van der Waals surface area contributed by atoms with E-state index >= 15 is 0 Å². The predicted molar refractivity (Wildman–Crippen MR) is 74.7 cm³/mol. The van der Waals surface area contributed by atoms with Gasteiger partial charge < -0.3 is 10.1 Å². The van der Waals surface area contributed by atoms with E-state index < -0.39 is 0 Å². The van der Waals surface area contributed by atoms with Crippen molar-refractivity contribution in [3.05, 3.63) is 16.1 Å². The smallest absolute Gasteiger partial charge is 0.103 e. The third kappa shape index (κ3) is 3.68. The van der Waals surface area contributed by atoms with Crippen LogP contribution in [0.4, 0.5) is 0 Å². The fraction of sp³-hybridized carbons (Fsp3) is 0.750. The minimum atomic E-state index is 0.347. The number of rotatable bonds is 6. The number of methoxy groups -OCH3 is 1. The number of hydrogen-bond acceptors (Lipinski definition) is 5. The molecule has 1 aliphatic rings. The van der Waals surface area contributed by atoms with Crippen LogP contribution in [0.3, 0.4) is 0 Å². The fourth-order valence-corrected chi connectivity index (χ4v) is 3.79. The number of thiazole rings is 1. The quantitative estimate of drug-likeness (QED) is 0.808. The predicted octanol–water partition coefficient (Wildman–Crippen LogP) is 2.84. The summed E-state index contributed by atoms with van der Waals surface area (Å²) in [6.07, 6.45) is 2.63. The van der Waals surface area contributed by atoms with Gasteiger partial charge in [-0.3, -0.25) is 0 Å². The van der Waals surface area contributed by atoms with E-state index in [-0.39, 0.29) is 0 Å². The van der Waals surface area contributed by atoms with Gasteiger partial charge in [0.05, 0.1) is 17.8 Å². The molecule has 0 aliphatic carbocycles. The molecule has 1 aromatic heterocycles. The lowest BCUT2D eigenvalue weighted by Gasteiger charge is -2.06. The first-order valence-corrected chi connectivity index (χ1v) is 8.15. The van der Waals surface area contributed by atoms with E-state index in [2.05, 4.69) is 17.6 Å². The first-order chi connectivity index (χ1) is 8.33. The molecule has 0 aromatic carbocycles. The highest BCUT2D eigenvalue weighted by atomic mass is 32.2. The first kappa shape index (κ1) is 13.3. The molecule has 0 spiro atoms. The van der Waals surface area contributed by atoms with Gasteiger partial charge in [-0.1, -0.05) is 6.92 Å². The van der Waals surface area contributed by atoms with Crippen LogP contribution in [0, 0.1) is 0 Å². The molecule has 0 amide bonds. The summed E-state index contributed by atoms with van der Waals surface area (Å²) in [4.78, 5) is 4.71. The zero-order valence-electron chi connectivity index (χ0n) is 10.4. The molecule has 1 aliphatic heterocycles. The maximum Gasteiger partial charge on any atom is 0.103 e. The van der Waals surface area contributed by atoms with Crippen molar-refractivity contribution in [3.63, 3.8) is 0 Å². The van der Waals surface area contributed by atoms with Crippen molar-refractivity contribution in [1.29, 1.82) is 0 Å². The molecule has 3 nitrogen and oxygen atoms in total. The zero-order valence-corrected chi connectivity index (χ0v) is 12.1. The fourth-order valence-electron chi connectivity index (χ4n) is 1.96. The van der Waals surface area contributed by atoms with Gasteiger partial charge >= 0.3 is 0 Å². The second kappa shape index (κ2) is 6.73. The second-order valence-corrected chi connectivity index (χ2v) is 6.32. The average molecular weight is 272 g/mol. The molecule has 17 heavy (non-hydrogen) atoms. The van der Waals surface area contributed by atoms with Gasteiger partial charge in [-0.2, -0.15) is 11.8 Å². The van der Waals surface area contributed by atoms with Crippen LogP contribution in [0.1, 0.15) is 36.5 Å². The maximum atomic E-state index is 5.36. The van der Waals surface area contributed by atoms with E-state index in [9.17, 15) is 0 Å². The third-order valence-corrected chi connectivity index (χ3v) is 5.15. The van der Waals surface area contributed by atoms with Crippen LogP contribution in [-0.4, -0.2) is 30.5 Å². The summed E-state index contributed by atoms with van der Waals surface area (Å²) in [6.45, 7) is 3.16. The molecular formula is C12H20N2OS2. The summed E-state index contributed by atoms with van der Waals surface area (Å²) >= 11 is 3.75. The number of thioether (sulfide) groups is 1. The summed E-state index contributed by atoms with van der Waals surface area (Å²) < 4.78 is 5.36. The topological polar surface area (TPSA) is 34.1 Å². The van der Waals surface area contributed by atoms with Crippen molar-refractivity contribution >= 4 is 23.1 Å².